The number of aromatic nitrogens is 2. The molecular weight excluding hydrogens is 431 g/mol. The molecule has 1 atom stereocenters. The molecule has 0 radical (unpaired) electrons. The molecule has 8 nitrogen and oxygen atoms in total. The van der Waals surface area contributed by atoms with E-state index in [0.717, 1.165) is 11.3 Å². The van der Waals surface area contributed by atoms with E-state index in [1.165, 1.54) is 17.6 Å². The molecule has 10 heteroatoms. The van der Waals surface area contributed by atoms with Crippen molar-refractivity contribution in [2.45, 2.75) is 24.4 Å². The molecule has 0 unspecified atom stereocenters. The van der Waals surface area contributed by atoms with Crippen LogP contribution < -0.4 is 10.6 Å². The maximum Gasteiger partial charge on any atom is 0.321 e. The van der Waals surface area contributed by atoms with Crippen molar-refractivity contribution in [2.75, 3.05) is 11.9 Å². The molecule has 0 aliphatic heterocycles. The van der Waals surface area contributed by atoms with E-state index in [1.807, 2.05) is 6.07 Å². The van der Waals surface area contributed by atoms with Crippen LogP contribution in [0.1, 0.15) is 35.1 Å². The highest BCUT2D eigenvalue weighted by molar-refractivity contribution is 7.10. The molecule has 3 aromatic rings. The Morgan fingerprint density at radius 1 is 1.41 bits per heavy atom. The smallest absolute Gasteiger partial charge is 0.321 e. The highest BCUT2D eigenvalue weighted by Crippen LogP contribution is 2.52. The van der Waals surface area contributed by atoms with Crippen LogP contribution in [0.2, 0.25) is 0 Å². The Morgan fingerprint density at radius 2 is 2.22 bits per heavy atom. The number of hydrogen-bond acceptors (Lipinski definition) is 6. The number of nitrogens with zero attached hydrogens (tertiary/aromatic N) is 4. The van der Waals surface area contributed by atoms with Crippen molar-refractivity contribution in [3.63, 3.8) is 0 Å². The van der Waals surface area contributed by atoms with Crippen molar-refractivity contribution < 1.29 is 14.3 Å². The lowest BCUT2D eigenvalue weighted by atomic mass is 9.93. The molecule has 4 rings (SSSR count). The summed E-state index contributed by atoms with van der Waals surface area (Å²) >= 11 is 1.10. The van der Waals surface area contributed by atoms with E-state index in [0.29, 0.717) is 35.2 Å². The van der Waals surface area contributed by atoms with Crippen LogP contribution in [0, 0.1) is 23.7 Å². The largest absolute Gasteiger partial charge is 0.394 e. The highest BCUT2D eigenvalue weighted by Gasteiger charge is 2.54. The van der Waals surface area contributed by atoms with E-state index < -0.39 is 30.0 Å². The Bertz CT molecular complexity index is 1240. The zero-order chi connectivity index (χ0) is 22.7. The number of carbonyl (C=O) groups excluding carboxylic acids is 1. The molecule has 1 aliphatic rings. The van der Waals surface area contributed by atoms with Crippen molar-refractivity contribution in [1.82, 2.24) is 15.3 Å². The van der Waals surface area contributed by atoms with Gasteiger partial charge in [-0.2, -0.15) is 5.26 Å². The summed E-state index contributed by atoms with van der Waals surface area (Å²) < 4.78 is 14.7. The Hall–Kier alpha value is -3.86. The fraction of sp³-hybridized carbons (Fsp3) is 0.227. The highest BCUT2D eigenvalue weighted by atomic mass is 32.1. The summed E-state index contributed by atoms with van der Waals surface area (Å²) in [6.45, 7) is 7.09. The first-order valence-corrected chi connectivity index (χ1v) is 10.6. The summed E-state index contributed by atoms with van der Waals surface area (Å²) in [4.78, 5) is 24.2. The first-order valence-electron chi connectivity index (χ1n) is 9.67. The molecule has 1 saturated carbocycles. The van der Waals surface area contributed by atoms with Crippen LogP contribution in [0.25, 0.3) is 16.0 Å². The first kappa shape index (κ1) is 21.4. The SMILES string of the molecule is [C-]#[N+]C1(c2cccc(F)c2-c2ccc([C@H](CO)NC(=O)Nc3csc(C#N)n3)nc2)CC1. The summed E-state index contributed by atoms with van der Waals surface area (Å²) in [5.74, 6) is -0.201. The Labute approximate surface area is 187 Å². The zero-order valence-corrected chi connectivity index (χ0v) is 17.5. The number of rotatable bonds is 6. The van der Waals surface area contributed by atoms with Gasteiger partial charge < -0.3 is 15.3 Å². The monoisotopic (exact) mass is 448 g/mol. The van der Waals surface area contributed by atoms with Crippen LogP contribution in [0.3, 0.4) is 0 Å². The minimum absolute atomic E-state index is 0.218. The normalized spacial score (nSPS) is 14.6. The number of aliphatic hydroxyl groups is 1. The molecule has 3 N–H and O–H groups in total. The molecule has 0 spiro atoms. The Balaban J connectivity index is 1.53. The van der Waals surface area contributed by atoms with Gasteiger partial charge in [-0.1, -0.05) is 18.2 Å². The Morgan fingerprint density at radius 3 is 2.81 bits per heavy atom. The van der Waals surface area contributed by atoms with Crippen molar-refractivity contribution in [3.8, 4) is 17.2 Å². The predicted octanol–water partition coefficient (Wildman–Crippen LogP) is 3.98. The lowest BCUT2D eigenvalue weighted by Gasteiger charge is -2.17. The number of nitriles is 1. The van der Waals surface area contributed by atoms with Crippen LogP contribution >= 0.6 is 11.3 Å². The minimum Gasteiger partial charge on any atom is -0.394 e. The van der Waals surface area contributed by atoms with Gasteiger partial charge in [0.15, 0.2) is 5.01 Å². The van der Waals surface area contributed by atoms with Gasteiger partial charge in [-0.25, -0.2) is 20.7 Å². The quantitative estimate of drug-likeness (QED) is 0.494. The summed E-state index contributed by atoms with van der Waals surface area (Å²) in [7, 11) is 0. The van der Waals surface area contributed by atoms with Gasteiger partial charge in [0.1, 0.15) is 17.7 Å². The number of halogens is 1. The molecule has 2 amide bonds. The number of aliphatic hydroxyl groups excluding tert-OH is 1. The average Bonchev–Trinajstić information content (AvgIpc) is 3.49. The molecule has 160 valence electrons. The second-order valence-corrected chi connectivity index (χ2v) is 8.12. The lowest BCUT2D eigenvalue weighted by molar-refractivity contribution is 0.224. The van der Waals surface area contributed by atoms with Gasteiger partial charge in [0.25, 0.3) is 5.54 Å². The maximum absolute atomic E-state index is 14.7. The van der Waals surface area contributed by atoms with Crippen LogP contribution in [-0.2, 0) is 5.54 Å². The van der Waals surface area contributed by atoms with E-state index in [9.17, 15) is 14.3 Å². The summed E-state index contributed by atoms with van der Waals surface area (Å²) in [6.07, 6.45) is 2.86. The third-order valence-corrected chi connectivity index (χ3v) is 5.96. The third kappa shape index (κ3) is 4.14. The van der Waals surface area contributed by atoms with Crippen molar-refractivity contribution in [1.29, 1.82) is 5.26 Å². The molecule has 2 aromatic heterocycles. The molecular formula is C22H17FN6O2S. The standard InChI is InChI=1S/C22H17FN6O2S/c1-25-22(7-8-22)14-3-2-4-15(23)20(14)13-5-6-16(26-10-13)17(11-30)27-21(31)29-18-12-32-19(9-24)28-18/h2-6,10,12,17,30H,7-8,11H2,(H2,27,29,31)/t17-/m0/s1. The average molecular weight is 448 g/mol. The lowest BCUT2D eigenvalue weighted by Crippen LogP contribution is -2.34. The van der Waals surface area contributed by atoms with Crippen molar-refractivity contribution >= 4 is 23.2 Å². The van der Waals surface area contributed by atoms with E-state index >= 15 is 0 Å². The minimum atomic E-state index is -0.809. The van der Waals surface area contributed by atoms with E-state index in [1.54, 1.807) is 24.3 Å². The van der Waals surface area contributed by atoms with Crippen molar-refractivity contribution in [3.05, 3.63) is 75.4 Å². The van der Waals surface area contributed by atoms with Gasteiger partial charge in [-0.05, 0) is 12.1 Å². The molecule has 0 bridgehead atoms. The van der Waals surface area contributed by atoms with Gasteiger partial charge in [0.2, 0.25) is 0 Å². The van der Waals surface area contributed by atoms with Crippen LogP contribution in [0.5, 0.6) is 0 Å². The molecule has 2 heterocycles. The molecule has 1 fully saturated rings. The second kappa shape index (κ2) is 8.71. The number of amides is 2. The molecule has 0 saturated heterocycles. The number of thiazole rings is 1. The van der Waals surface area contributed by atoms with Crippen LogP contribution in [-0.4, -0.2) is 27.7 Å². The van der Waals surface area contributed by atoms with Crippen molar-refractivity contribution in [2.24, 2.45) is 0 Å². The number of carbonyl (C=O) groups is 1. The van der Waals surface area contributed by atoms with Gasteiger partial charge in [0, 0.05) is 41.1 Å². The molecule has 1 aromatic carbocycles. The number of nitrogens with one attached hydrogen (secondary N) is 2. The van der Waals surface area contributed by atoms with E-state index in [4.69, 9.17) is 11.8 Å². The fourth-order valence-corrected chi connectivity index (χ4v) is 3.97. The summed E-state index contributed by atoms with van der Waals surface area (Å²) in [5.41, 5.74) is 1.22. The molecule has 32 heavy (non-hydrogen) atoms. The summed E-state index contributed by atoms with van der Waals surface area (Å²) in [5, 5.41) is 25.4. The number of anilines is 1. The summed E-state index contributed by atoms with van der Waals surface area (Å²) in [6, 6.07) is 8.45. The van der Waals surface area contributed by atoms with Crippen LogP contribution in [0.15, 0.2) is 41.9 Å². The number of urea groups is 1. The number of hydrogen-bond donors (Lipinski definition) is 3. The van der Waals surface area contributed by atoms with E-state index in [2.05, 4.69) is 25.4 Å². The first-order chi connectivity index (χ1) is 15.5. The van der Waals surface area contributed by atoms with Gasteiger partial charge in [-0.3, -0.25) is 10.3 Å². The number of benzene rings is 1. The predicted molar refractivity (Wildman–Crippen MR) is 116 cm³/mol. The van der Waals surface area contributed by atoms with Gasteiger partial charge >= 0.3 is 6.03 Å². The zero-order valence-electron chi connectivity index (χ0n) is 16.7. The number of pyridine rings is 1. The van der Waals surface area contributed by atoms with Gasteiger partial charge in [-0.15, -0.1) is 11.3 Å². The Kier molecular flexibility index (Phi) is 5.82. The fourth-order valence-electron chi connectivity index (χ4n) is 3.43. The van der Waals surface area contributed by atoms with Gasteiger partial charge in [0.05, 0.1) is 18.3 Å². The second-order valence-electron chi connectivity index (χ2n) is 7.26. The van der Waals surface area contributed by atoms with E-state index in [-0.39, 0.29) is 10.8 Å². The van der Waals surface area contributed by atoms with Crippen LogP contribution in [0.4, 0.5) is 15.0 Å². The third-order valence-electron chi connectivity index (χ3n) is 5.21. The maximum atomic E-state index is 14.7. The topological polar surface area (TPSA) is 115 Å². The molecule has 1 aliphatic carbocycles.